The number of amides is 1. The Kier molecular flexibility index (Phi) is 5.99. The fourth-order valence-corrected chi connectivity index (χ4v) is 2.23. The van der Waals surface area contributed by atoms with E-state index in [9.17, 15) is 14.4 Å². The lowest BCUT2D eigenvalue weighted by atomic mass is 10.2. The van der Waals surface area contributed by atoms with E-state index in [1.807, 2.05) is 13.8 Å². The highest BCUT2D eigenvalue weighted by Crippen LogP contribution is 2.03. The minimum atomic E-state index is -0.730. The van der Waals surface area contributed by atoms with E-state index in [-0.39, 0.29) is 5.91 Å². The number of carbonyl (C=O) groups excluding carboxylic acids is 2. The summed E-state index contributed by atoms with van der Waals surface area (Å²) in [5.41, 5.74) is 0.844. The molecule has 8 nitrogen and oxygen atoms in total. The number of carbonyl (C=O) groups is 2. The van der Waals surface area contributed by atoms with E-state index < -0.39 is 24.7 Å². The molecule has 0 atom stereocenters. The first-order valence-electron chi connectivity index (χ1n) is 7.82. The van der Waals surface area contributed by atoms with Gasteiger partial charge in [-0.2, -0.15) is 4.68 Å². The topological polar surface area (TPSA) is 94.4 Å². The highest BCUT2D eigenvalue weighted by molar-refractivity contribution is 5.81. The van der Waals surface area contributed by atoms with E-state index in [2.05, 4.69) is 16.9 Å². The lowest BCUT2D eigenvalue weighted by Gasteiger charge is -2.20. The molecule has 0 aliphatic heterocycles. The highest BCUT2D eigenvalue weighted by atomic mass is 16.5. The van der Waals surface area contributed by atoms with Crippen molar-refractivity contribution in [3.05, 3.63) is 46.8 Å². The number of ether oxygens (including phenoxy) is 1. The van der Waals surface area contributed by atoms with Crippen LogP contribution in [0.4, 0.5) is 0 Å². The summed E-state index contributed by atoms with van der Waals surface area (Å²) in [6, 6.07) is 6.71. The molecule has 0 spiro atoms. The molecule has 0 saturated carbocycles. The Morgan fingerprint density at radius 3 is 2.72 bits per heavy atom. The van der Waals surface area contributed by atoms with Gasteiger partial charge in [-0.1, -0.05) is 29.5 Å². The Hall–Kier alpha value is -3.03. The lowest BCUT2D eigenvalue weighted by Crippen LogP contribution is -2.36. The van der Waals surface area contributed by atoms with Crippen molar-refractivity contribution in [3.63, 3.8) is 0 Å². The second-order valence-corrected chi connectivity index (χ2v) is 5.60. The first kappa shape index (κ1) is 18.3. The molecular formula is C17H20N4O4. The van der Waals surface area contributed by atoms with Crippen molar-refractivity contribution in [3.8, 4) is 0 Å². The number of likely N-dealkylation sites (N-methyl/N-ethyl adjacent to an activating group) is 1. The van der Waals surface area contributed by atoms with Crippen molar-refractivity contribution in [2.45, 2.75) is 20.4 Å². The summed E-state index contributed by atoms with van der Waals surface area (Å²) in [6.45, 7) is 7.49. The van der Waals surface area contributed by atoms with E-state index in [4.69, 9.17) is 4.74 Å². The first-order valence-corrected chi connectivity index (χ1v) is 7.82. The molecule has 1 heterocycles. The zero-order chi connectivity index (χ0) is 18.4. The second-order valence-electron chi connectivity index (χ2n) is 5.60. The average molecular weight is 344 g/mol. The normalized spacial score (nSPS) is 10.5. The summed E-state index contributed by atoms with van der Waals surface area (Å²) >= 11 is 0. The van der Waals surface area contributed by atoms with Gasteiger partial charge in [-0.15, -0.1) is 5.10 Å². The van der Waals surface area contributed by atoms with Crippen LogP contribution in [-0.4, -0.2) is 51.5 Å². The zero-order valence-corrected chi connectivity index (χ0v) is 14.3. The monoisotopic (exact) mass is 344 g/mol. The van der Waals surface area contributed by atoms with Crippen LogP contribution >= 0.6 is 0 Å². The van der Waals surface area contributed by atoms with Crippen LogP contribution in [0.25, 0.3) is 10.9 Å². The molecule has 0 unspecified atom stereocenters. The van der Waals surface area contributed by atoms with Gasteiger partial charge in [-0.05, 0) is 26.0 Å². The van der Waals surface area contributed by atoms with Crippen LogP contribution in [0.15, 0.2) is 41.2 Å². The van der Waals surface area contributed by atoms with E-state index in [0.29, 0.717) is 24.0 Å². The molecule has 0 fully saturated rings. The SMILES string of the molecule is C=C(C)CN(CC)C(=O)COC(=O)Cn1nnc2ccccc2c1=O. The maximum Gasteiger partial charge on any atom is 0.328 e. The third-order valence-corrected chi connectivity index (χ3v) is 3.46. The summed E-state index contributed by atoms with van der Waals surface area (Å²) in [5.74, 6) is -1.05. The predicted molar refractivity (Wildman–Crippen MR) is 91.8 cm³/mol. The van der Waals surface area contributed by atoms with Crippen molar-refractivity contribution >= 4 is 22.8 Å². The van der Waals surface area contributed by atoms with Gasteiger partial charge in [0.2, 0.25) is 0 Å². The third kappa shape index (κ3) is 4.72. The van der Waals surface area contributed by atoms with Gasteiger partial charge < -0.3 is 9.64 Å². The van der Waals surface area contributed by atoms with Crippen molar-refractivity contribution in [1.82, 2.24) is 19.9 Å². The Bertz CT molecular complexity index is 859. The quantitative estimate of drug-likeness (QED) is 0.544. The second kappa shape index (κ2) is 8.18. The van der Waals surface area contributed by atoms with Gasteiger partial charge in [0.05, 0.1) is 5.39 Å². The van der Waals surface area contributed by atoms with Crippen molar-refractivity contribution in [1.29, 1.82) is 0 Å². The molecule has 1 aromatic carbocycles. The van der Waals surface area contributed by atoms with Crippen molar-refractivity contribution in [2.24, 2.45) is 0 Å². The lowest BCUT2D eigenvalue weighted by molar-refractivity contribution is -0.152. The van der Waals surface area contributed by atoms with Crippen LogP contribution in [0.5, 0.6) is 0 Å². The van der Waals surface area contributed by atoms with Gasteiger partial charge in [0.25, 0.3) is 11.5 Å². The summed E-state index contributed by atoms with van der Waals surface area (Å²) in [4.78, 5) is 37.7. The molecule has 0 bridgehead atoms. The van der Waals surface area contributed by atoms with Gasteiger partial charge in [0, 0.05) is 13.1 Å². The van der Waals surface area contributed by atoms with Crippen LogP contribution in [-0.2, 0) is 20.9 Å². The molecular weight excluding hydrogens is 324 g/mol. The van der Waals surface area contributed by atoms with E-state index in [1.165, 1.54) is 4.90 Å². The zero-order valence-electron chi connectivity index (χ0n) is 14.3. The van der Waals surface area contributed by atoms with E-state index in [0.717, 1.165) is 10.3 Å². The average Bonchev–Trinajstić information content (AvgIpc) is 2.60. The maximum absolute atomic E-state index is 12.2. The number of benzene rings is 1. The van der Waals surface area contributed by atoms with Crippen LogP contribution in [0, 0.1) is 0 Å². The van der Waals surface area contributed by atoms with E-state index >= 15 is 0 Å². The summed E-state index contributed by atoms with van der Waals surface area (Å²) in [6.07, 6.45) is 0. The summed E-state index contributed by atoms with van der Waals surface area (Å²) in [5, 5.41) is 7.96. The van der Waals surface area contributed by atoms with Gasteiger partial charge in [-0.25, -0.2) is 0 Å². The number of nitrogens with zero attached hydrogens (tertiary/aromatic N) is 4. The Morgan fingerprint density at radius 1 is 1.32 bits per heavy atom. The van der Waals surface area contributed by atoms with Gasteiger partial charge in [0.1, 0.15) is 12.1 Å². The standard InChI is InChI=1S/C17H20N4O4/c1-4-20(9-12(2)3)15(22)11-25-16(23)10-21-17(24)13-7-5-6-8-14(13)18-19-21/h5-8H,2,4,9-11H2,1,3H3. The Balaban J connectivity index is 1.99. The molecule has 0 aliphatic carbocycles. The molecule has 1 amide bonds. The van der Waals surface area contributed by atoms with Gasteiger partial charge in [-0.3, -0.25) is 14.4 Å². The molecule has 2 rings (SSSR count). The Labute approximate surface area is 144 Å². The van der Waals surface area contributed by atoms with Crippen LogP contribution in [0.1, 0.15) is 13.8 Å². The predicted octanol–water partition coefficient (Wildman–Crippen LogP) is 0.759. The van der Waals surface area contributed by atoms with Crippen molar-refractivity contribution < 1.29 is 14.3 Å². The molecule has 0 aliphatic rings. The summed E-state index contributed by atoms with van der Waals surface area (Å²) < 4.78 is 5.87. The summed E-state index contributed by atoms with van der Waals surface area (Å²) in [7, 11) is 0. The fourth-order valence-electron chi connectivity index (χ4n) is 2.23. The highest BCUT2D eigenvalue weighted by Gasteiger charge is 2.15. The molecule has 8 heteroatoms. The van der Waals surface area contributed by atoms with Crippen LogP contribution in [0.2, 0.25) is 0 Å². The molecule has 132 valence electrons. The number of rotatable bonds is 7. The molecule has 2 aromatic rings. The third-order valence-electron chi connectivity index (χ3n) is 3.46. The maximum atomic E-state index is 12.2. The molecule has 0 saturated heterocycles. The van der Waals surface area contributed by atoms with Gasteiger partial charge >= 0.3 is 5.97 Å². The largest absolute Gasteiger partial charge is 0.454 e. The number of fused-ring (bicyclic) bond motifs is 1. The van der Waals surface area contributed by atoms with Crippen LogP contribution in [0.3, 0.4) is 0 Å². The molecule has 25 heavy (non-hydrogen) atoms. The Morgan fingerprint density at radius 2 is 2.04 bits per heavy atom. The van der Waals surface area contributed by atoms with Gasteiger partial charge in [0.15, 0.2) is 6.61 Å². The van der Waals surface area contributed by atoms with Crippen LogP contribution < -0.4 is 5.56 Å². The number of hydrogen-bond donors (Lipinski definition) is 0. The number of esters is 1. The first-order chi connectivity index (χ1) is 11.9. The number of hydrogen-bond acceptors (Lipinski definition) is 6. The minimum absolute atomic E-state index is 0.323. The van der Waals surface area contributed by atoms with E-state index in [1.54, 1.807) is 24.3 Å². The fraction of sp³-hybridized carbons (Fsp3) is 0.353. The minimum Gasteiger partial charge on any atom is -0.454 e. The van der Waals surface area contributed by atoms with Crippen molar-refractivity contribution in [2.75, 3.05) is 19.7 Å². The molecule has 0 N–H and O–H groups in total. The number of aromatic nitrogens is 3. The molecule has 0 radical (unpaired) electrons. The molecule has 1 aromatic heterocycles. The smallest absolute Gasteiger partial charge is 0.328 e.